The van der Waals surface area contributed by atoms with Crippen LogP contribution < -0.4 is 5.32 Å². The molecular weight excluding hydrogens is 256 g/mol. The van der Waals surface area contributed by atoms with Crippen LogP contribution in [-0.4, -0.2) is 16.7 Å². The van der Waals surface area contributed by atoms with Crippen molar-refractivity contribution in [2.75, 3.05) is 0 Å². The van der Waals surface area contributed by atoms with Gasteiger partial charge in [-0.2, -0.15) is 5.26 Å². The third-order valence-corrected chi connectivity index (χ3v) is 4.08. The maximum Gasteiger partial charge on any atom is 0.233 e. The molecule has 0 fully saturated rings. The van der Waals surface area contributed by atoms with E-state index in [9.17, 15) is 4.79 Å². The van der Waals surface area contributed by atoms with E-state index in [0.29, 0.717) is 5.56 Å². The molecule has 0 heterocycles. The van der Waals surface area contributed by atoms with Crippen LogP contribution in [0.15, 0.2) is 29.2 Å². The molecule has 0 aliphatic rings. The summed E-state index contributed by atoms with van der Waals surface area (Å²) in [5.41, 5.74) is 0.437. The van der Waals surface area contributed by atoms with Gasteiger partial charge in [0.2, 0.25) is 5.91 Å². The smallest absolute Gasteiger partial charge is 0.233 e. The van der Waals surface area contributed by atoms with E-state index in [1.54, 1.807) is 12.1 Å². The lowest BCUT2D eigenvalue weighted by molar-refractivity contribution is -0.121. The minimum absolute atomic E-state index is 0.0270. The standard InChI is InChI=1S/C15H20N2OS/c1-5-15(3,4)17-14(18)11(2)19-13-8-6-7-12(9-13)10-16/h6-9,11H,5H2,1-4H3,(H,17,18)/t11-/m0/s1. The molecule has 0 bridgehead atoms. The second-order valence-electron chi connectivity index (χ2n) is 5.13. The highest BCUT2D eigenvalue weighted by atomic mass is 32.2. The van der Waals surface area contributed by atoms with Crippen molar-refractivity contribution in [1.82, 2.24) is 5.32 Å². The molecule has 0 aliphatic carbocycles. The van der Waals surface area contributed by atoms with E-state index in [0.717, 1.165) is 11.3 Å². The summed E-state index contributed by atoms with van der Waals surface area (Å²) < 4.78 is 0. The molecule has 1 aromatic carbocycles. The van der Waals surface area contributed by atoms with Gasteiger partial charge >= 0.3 is 0 Å². The van der Waals surface area contributed by atoms with Gasteiger partial charge in [-0.15, -0.1) is 11.8 Å². The quantitative estimate of drug-likeness (QED) is 0.839. The minimum Gasteiger partial charge on any atom is -0.350 e. The Hall–Kier alpha value is -1.47. The molecule has 4 heteroatoms. The monoisotopic (exact) mass is 276 g/mol. The van der Waals surface area contributed by atoms with Crippen molar-refractivity contribution in [2.45, 2.75) is 49.8 Å². The van der Waals surface area contributed by atoms with Gasteiger partial charge < -0.3 is 5.32 Å². The van der Waals surface area contributed by atoms with Gasteiger partial charge in [0, 0.05) is 10.4 Å². The lowest BCUT2D eigenvalue weighted by Crippen LogP contribution is -2.46. The van der Waals surface area contributed by atoms with Crippen LogP contribution in [-0.2, 0) is 4.79 Å². The normalized spacial score (nSPS) is 12.6. The molecule has 0 unspecified atom stereocenters. The van der Waals surface area contributed by atoms with Crippen LogP contribution in [0.4, 0.5) is 0 Å². The Morgan fingerprint density at radius 2 is 2.21 bits per heavy atom. The number of rotatable bonds is 5. The van der Waals surface area contributed by atoms with Gasteiger partial charge in [0.1, 0.15) is 0 Å². The Morgan fingerprint density at radius 1 is 1.53 bits per heavy atom. The lowest BCUT2D eigenvalue weighted by atomic mass is 10.0. The van der Waals surface area contributed by atoms with E-state index in [1.807, 2.05) is 32.9 Å². The number of amides is 1. The fraction of sp³-hybridized carbons (Fsp3) is 0.467. The van der Waals surface area contributed by atoms with Gasteiger partial charge in [0.25, 0.3) is 0 Å². The summed E-state index contributed by atoms with van der Waals surface area (Å²) in [7, 11) is 0. The van der Waals surface area contributed by atoms with Crippen LogP contribution in [0.1, 0.15) is 39.7 Å². The molecule has 1 N–H and O–H groups in total. The molecule has 1 amide bonds. The van der Waals surface area contributed by atoms with Crippen LogP contribution >= 0.6 is 11.8 Å². The fourth-order valence-electron chi connectivity index (χ4n) is 1.42. The van der Waals surface area contributed by atoms with Crippen LogP contribution in [0.5, 0.6) is 0 Å². The number of nitriles is 1. The van der Waals surface area contributed by atoms with Crippen molar-refractivity contribution in [3.8, 4) is 6.07 Å². The largest absolute Gasteiger partial charge is 0.350 e. The molecule has 0 saturated carbocycles. The van der Waals surface area contributed by atoms with Crippen molar-refractivity contribution in [3.63, 3.8) is 0 Å². The first-order valence-electron chi connectivity index (χ1n) is 6.37. The van der Waals surface area contributed by atoms with Crippen LogP contribution in [0, 0.1) is 11.3 Å². The van der Waals surface area contributed by atoms with Crippen molar-refractivity contribution < 1.29 is 4.79 Å². The van der Waals surface area contributed by atoms with Crippen LogP contribution in [0.3, 0.4) is 0 Å². The molecule has 102 valence electrons. The first kappa shape index (κ1) is 15.6. The molecule has 0 aromatic heterocycles. The van der Waals surface area contributed by atoms with Crippen molar-refractivity contribution in [3.05, 3.63) is 29.8 Å². The molecule has 1 atom stereocenters. The maximum absolute atomic E-state index is 12.1. The summed E-state index contributed by atoms with van der Waals surface area (Å²) >= 11 is 1.47. The first-order chi connectivity index (χ1) is 8.88. The molecular formula is C15H20N2OS. The van der Waals surface area contributed by atoms with Crippen LogP contribution in [0.2, 0.25) is 0 Å². The fourth-order valence-corrected chi connectivity index (χ4v) is 2.35. The Balaban J connectivity index is 2.66. The predicted molar refractivity (Wildman–Crippen MR) is 79.0 cm³/mol. The van der Waals surface area contributed by atoms with Gasteiger partial charge in [0.05, 0.1) is 16.9 Å². The van der Waals surface area contributed by atoms with E-state index in [4.69, 9.17) is 5.26 Å². The number of thioether (sulfide) groups is 1. The van der Waals surface area contributed by atoms with Crippen molar-refractivity contribution >= 4 is 17.7 Å². The van der Waals surface area contributed by atoms with Crippen LogP contribution in [0.25, 0.3) is 0 Å². The Labute approximate surface area is 119 Å². The number of carbonyl (C=O) groups excluding carboxylic acids is 1. The molecule has 0 spiro atoms. The van der Waals surface area contributed by atoms with Gasteiger partial charge in [-0.3, -0.25) is 4.79 Å². The average Bonchev–Trinajstić information content (AvgIpc) is 2.38. The minimum atomic E-state index is -0.181. The summed E-state index contributed by atoms with van der Waals surface area (Å²) in [6.07, 6.45) is 0.889. The second kappa shape index (κ2) is 6.63. The highest BCUT2D eigenvalue weighted by molar-refractivity contribution is 8.00. The highest BCUT2D eigenvalue weighted by Crippen LogP contribution is 2.24. The van der Waals surface area contributed by atoms with Gasteiger partial charge in [-0.25, -0.2) is 0 Å². The molecule has 19 heavy (non-hydrogen) atoms. The summed E-state index contributed by atoms with van der Waals surface area (Å²) in [6, 6.07) is 9.42. The van der Waals surface area contributed by atoms with E-state index in [1.165, 1.54) is 11.8 Å². The third kappa shape index (κ3) is 4.96. The van der Waals surface area contributed by atoms with Gasteiger partial charge in [-0.1, -0.05) is 13.0 Å². The maximum atomic E-state index is 12.1. The van der Waals surface area contributed by atoms with Gasteiger partial charge in [0.15, 0.2) is 0 Å². The molecule has 0 radical (unpaired) electrons. The first-order valence-corrected chi connectivity index (χ1v) is 7.25. The lowest BCUT2D eigenvalue weighted by Gasteiger charge is -2.26. The summed E-state index contributed by atoms with van der Waals surface area (Å²) in [6.45, 7) is 7.95. The SMILES string of the molecule is CCC(C)(C)NC(=O)[C@H](C)Sc1cccc(C#N)c1. The number of nitrogens with zero attached hydrogens (tertiary/aromatic N) is 1. The molecule has 0 saturated heterocycles. The summed E-state index contributed by atoms with van der Waals surface area (Å²) in [5.74, 6) is 0.0270. The predicted octanol–water partition coefficient (Wildman–Crippen LogP) is 3.34. The molecule has 1 rings (SSSR count). The van der Waals surface area contributed by atoms with E-state index >= 15 is 0 Å². The van der Waals surface area contributed by atoms with E-state index in [2.05, 4.69) is 18.3 Å². The average molecular weight is 276 g/mol. The molecule has 0 aliphatic heterocycles. The number of benzene rings is 1. The van der Waals surface area contributed by atoms with E-state index < -0.39 is 0 Å². The zero-order chi connectivity index (χ0) is 14.5. The summed E-state index contributed by atoms with van der Waals surface area (Å²) in [4.78, 5) is 13.0. The number of nitrogens with one attached hydrogen (secondary N) is 1. The number of hydrogen-bond acceptors (Lipinski definition) is 3. The van der Waals surface area contributed by atoms with Crippen molar-refractivity contribution in [1.29, 1.82) is 5.26 Å². The second-order valence-corrected chi connectivity index (χ2v) is 6.54. The highest BCUT2D eigenvalue weighted by Gasteiger charge is 2.22. The third-order valence-electron chi connectivity index (χ3n) is 2.99. The Morgan fingerprint density at radius 3 is 2.79 bits per heavy atom. The zero-order valence-electron chi connectivity index (χ0n) is 11.9. The Bertz CT molecular complexity index is 491. The van der Waals surface area contributed by atoms with Gasteiger partial charge in [-0.05, 0) is 45.4 Å². The zero-order valence-corrected chi connectivity index (χ0v) is 12.7. The number of carbonyl (C=O) groups is 1. The summed E-state index contributed by atoms with van der Waals surface area (Å²) in [5, 5.41) is 11.7. The van der Waals surface area contributed by atoms with Crippen molar-refractivity contribution in [2.24, 2.45) is 0 Å². The van der Waals surface area contributed by atoms with E-state index in [-0.39, 0.29) is 16.7 Å². The topological polar surface area (TPSA) is 52.9 Å². The Kier molecular flexibility index (Phi) is 5.44. The molecule has 3 nitrogen and oxygen atoms in total. The molecule has 1 aromatic rings. The number of hydrogen-bond donors (Lipinski definition) is 1.